The van der Waals surface area contributed by atoms with E-state index in [-0.39, 0.29) is 0 Å². The molecule has 0 aliphatic carbocycles. The quantitative estimate of drug-likeness (QED) is 0.659. The Labute approximate surface area is 162 Å². The highest BCUT2D eigenvalue weighted by molar-refractivity contribution is 7.98. The monoisotopic (exact) mass is 380 g/mol. The number of hydrogen-bond acceptors (Lipinski definition) is 5. The molecule has 0 unspecified atom stereocenters. The molecule has 146 valence electrons. The molecule has 1 aromatic carbocycles. The molecule has 1 fully saturated rings. The number of rotatable bonds is 9. The first-order valence-corrected chi connectivity index (χ1v) is 10.7. The molecule has 0 spiro atoms. The van der Waals surface area contributed by atoms with E-state index in [2.05, 4.69) is 22.9 Å². The molecule has 1 atom stereocenters. The third-order valence-corrected chi connectivity index (χ3v) is 5.71. The summed E-state index contributed by atoms with van der Waals surface area (Å²) < 4.78 is 10.7. The molecule has 0 radical (unpaired) electrons. The molecule has 0 saturated carbocycles. The fourth-order valence-corrected chi connectivity index (χ4v) is 3.79. The van der Waals surface area contributed by atoms with Crippen LogP contribution >= 0.6 is 11.8 Å². The molecule has 1 amide bonds. The number of carbonyl (C=O) groups is 1. The Morgan fingerprint density at radius 1 is 1.31 bits per heavy atom. The van der Waals surface area contributed by atoms with Crippen molar-refractivity contribution in [3.05, 3.63) is 23.8 Å². The van der Waals surface area contributed by atoms with Gasteiger partial charge in [-0.05, 0) is 50.3 Å². The van der Waals surface area contributed by atoms with E-state index in [1.54, 1.807) is 26.0 Å². The average molecular weight is 381 g/mol. The van der Waals surface area contributed by atoms with Gasteiger partial charge in [-0.25, -0.2) is 0 Å². The number of nitrogens with zero attached hydrogens (tertiary/aromatic N) is 2. The normalized spacial score (nSPS) is 17.4. The van der Waals surface area contributed by atoms with Crippen LogP contribution in [0.25, 0.3) is 0 Å². The van der Waals surface area contributed by atoms with Gasteiger partial charge in [0.2, 0.25) is 5.91 Å². The lowest BCUT2D eigenvalue weighted by atomic mass is 10.0. The van der Waals surface area contributed by atoms with E-state index in [9.17, 15) is 4.79 Å². The third-order valence-electron chi connectivity index (χ3n) is 5.09. The van der Waals surface area contributed by atoms with Crippen molar-refractivity contribution in [1.29, 1.82) is 0 Å². The summed E-state index contributed by atoms with van der Waals surface area (Å²) in [4.78, 5) is 16.8. The van der Waals surface area contributed by atoms with Gasteiger partial charge in [-0.2, -0.15) is 11.8 Å². The predicted molar refractivity (Wildman–Crippen MR) is 108 cm³/mol. The Hall–Kier alpha value is -1.40. The van der Waals surface area contributed by atoms with Gasteiger partial charge in [0.15, 0.2) is 11.5 Å². The van der Waals surface area contributed by atoms with E-state index in [0.717, 1.165) is 56.1 Å². The Morgan fingerprint density at radius 3 is 2.77 bits per heavy atom. The first-order chi connectivity index (χ1) is 12.6. The largest absolute Gasteiger partial charge is 0.493 e. The third kappa shape index (κ3) is 5.81. The van der Waals surface area contributed by atoms with Crippen molar-refractivity contribution in [2.24, 2.45) is 0 Å². The molecule has 26 heavy (non-hydrogen) atoms. The summed E-state index contributed by atoms with van der Waals surface area (Å²) >= 11 is 1.74. The number of likely N-dealkylation sites (N-methyl/N-ethyl adjacent to an activating group) is 1. The summed E-state index contributed by atoms with van der Waals surface area (Å²) in [7, 11) is 5.49. The Bertz CT molecular complexity index is 582. The highest BCUT2D eigenvalue weighted by Gasteiger charge is 2.25. The van der Waals surface area contributed by atoms with Crippen LogP contribution in [-0.4, -0.2) is 74.7 Å². The molecule has 2 rings (SSSR count). The average Bonchev–Trinajstić information content (AvgIpc) is 2.69. The van der Waals surface area contributed by atoms with Gasteiger partial charge >= 0.3 is 0 Å². The van der Waals surface area contributed by atoms with Gasteiger partial charge < -0.3 is 19.3 Å². The Balaban J connectivity index is 1.87. The topological polar surface area (TPSA) is 42.0 Å². The van der Waals surface area contributed by atoms with Crippen LogP contribution in [0.3, 0.4) is 0 Å². The van der Waals surface area contributed by atoms with Crippen molar-refractivity contribution in [2.45, 2.75) is 31.7 Å². The lowest BCUT2D eigenvalue weighted by molar-refractivity contribution is -0.132. The number of likely N-dealkylation sites (tertiary alicyclic amines) is 1. The number of benzene rings is 1. The van der Waals surface area contributed by atoms with Crippen molar-refractivity contribution >= 4 is 17.7 Å². The minimum atomic E-state index is 0.303. The van der Waals surface area contributed by atoms with Crippen LogP contribution in [0, 0.1) is 0 Å². The van der Waals surface area contributed by atoms with E-state index < -0.39 is 0 Å². The number of amides is 1. The maximum Gasteiger partial charge on any atom is 0.223 e. The maximum atomic E-state index is 12.3. The lowest BCUT2D eigenvalue weighted by Gasteiger charge is -2.37. The molecular weight excluding hydrogens is 348 g/mol. The molecule has 1 aliphatic heterocycles. The summed E-state index contributed by atoms with van der Waals surface area (Å²) in [5.74, 6) is 2.75. The van der Waals surface area contributed by atoms with Gasteiger partial charge in [0.1, 0.15) is 0 Å². The molecular formula is C20H32N2O3S. The van der Waals surface area contributed by atoms with Crippen molar-refractivity contribution < 1.29 is 14.3 Å². The Kier molecular flexibility index (Phi) is 8.59. The van der Waals surface area contributed by atoms with E-state index in [0.29, 0.717) is 18.4 Å². The molecule has 5 nitrogen and oxygen atoms in total. The second kappa shape index (κ2) is 10.7. The summed E-state index contributed by atoms with van der Waals surface area (Å²) in [5.41, 5.74) is 1.23. The second-order valence-electron chi connectivity index (χ2n) is 6.80. The fraction of sp³-hybridized carbons (Fsp3) is 0.650. The standard InChI is InChI=1S/C20H32N2O3S/c1-21(12-9-16-7-8-18(24-2)19(14-16)25-3)17-6-5-11-22(15-17)20(23)10-13-26-4/h7-8,14,17H,5-6,9-13,15H2,1-4H3/t17-/m0/s1. The zero-order valence-electron chi connectivity index (χ0n) is 16.5. The molecule has 1 aromatic rings. The first kappa shape index (κ1) is 20.9. The predicted octanol–water partition coefficient (Wildman–Crippen LogP) is 2.92. The molecule has 0 N–H and O–H groups in total. The van der Waals surface area contributed by atoms with E-state index in [1.807, 2.05) is 18.4 Å². The van der Waals surface area contributed by atoms with Crippen LogP contribution in [0.5, 0.6) is 11.5 Å². The van der Waals surface area contributed by atoms with Crippen molar-refractivity contribution in [1.82, 2.24) is 9.80 Å². The van der Waals surface area contributed by atoms with Crippen LogP contribution in [0.1, 0.15) is 24.8 Å². The zero-order chi connectivity index (χ0) is 18.9. The number of carbonyl (C=O) groups excluding carboxylic acids is 1. The maximum absolute atomic E-state index is 12.3. The zero-order valence-corrected chi connectivity index (χ0v) is 17.3. The van der Waals surface area contributed by atoms with Gasteiger partial charge in [-0.15, -0.1) is 0 Å². The summed E-state index contributed by atoms with van der Waals surface area (Å²) in [6.07, 6.45) is 5.91. The van der Waals surface area contributed by atoms with Crippen LogP contribution in [-0.2, 0) is 11.2 Å². The highest BCUT2D eigenvalue weighted by atomic mass is 32.2. The van der Waals surface area contributed by atoms with Gasteiger partial charge in [0, 0.05) is 37.8 Å². The van der Waals surface area contributed by atoms with Crippen molar-refractivity contribution in [3.63, 3.8) is 0 Å². The van der Waals surface area contributed by atoms with E-state index >= 15 is 0 Å². The van der Waals surface area contributed by atoms with Crippen LogP contribution in [0.15, 0.2) is 18.2 Å². The SMILES string of the molecule is COc1ccc(CCN(C)[C@H]2CCCN(C(=O)CCSC)C2)cc1OC. The number of hydrogen-bond donors (Lipinski definition) is 0. The minimum absolute atomic E-state index is 0.303. The summed E-state index contributed by atoms with van der Waals surface area (Å²) in [5, 5.41) is 0. The number of ether oxygens (including phenoxy) is 2. The van der Waals surface area contributed by atoms with Gasteiger partial charge in [-0.1, -0.05) is 6.07 Å². The van der Waals surface area contributed by atoms with E-state index in [4.69, 9.17) is 9.47 Å². The van der Waals surface area contributed by atoms with Gasteiger partial charge in [0.05, 0.1) is 14.2 Å². The Morgan fingerprint density at radius 2 is 2.08 bits per heavy atom. The van der Waals surface area contributed by atoms with Gasteiger partial charge in [0.25, 0.3) is 0 Å². The van der Waals surface area contributed by atoms with Gasteiger partial charge in [-0.3, -0.25) is 4.79 Å². The fourth-order valence-electron chi connectivity index (χ4n) is 3.41. The molecule has 0 aromatic heterocycles. The second-order valence-corrected chi connectivity index (χ2v) is 7.78. The molecule has 1 saturated heterocycles. The lowest BCUT2D eigenvalue weighted by Crippen LogP contribution is -2.49. The first-order valence-electron chi connectivity index (χ1n) is 9.27. The van der Waals surface area contributed by atoms with Crippen molar-refractivity contribution in [3.8, 4) is 11.5 Å². The number of thioether (sulfide) groups is 1. The molecule has 1 aliphatic rings. The molecule has 6 heteroatoms. The summed E-state index contributed by atoms with van der Waals surface area (Å²) in [6, 6.07) is 6.54. The van der Waals surface area contributed by atoms with Crippen LogP contribution in [0.2, 0.25) is 0 Å². The summed E-state index contributed by atoms with van der Waals surface area (Å²) in [6.45, 7) is 2.73. The van der Waals surface area contributed by atoms with Crippen LogP contribution < -0.4 is 9.47 Å². The van der Waals surface area contributed by atoms with E-state index in [1.165, 1.54) is 5.56 Å². The highest BCUT2D eigenvalue weighted by Crippen LogP contribution is 2.28. The molecule has 0 bridgehead atoms. The minimum Gasteiger partial charge on any atom is -0.493 e. The molecule has 1 heterocycles. The number of piperidine rings is 1. The van der Waals surface area contributed by atoms with Crippen molar-refractivity contribution in [2.75, 3.05) is 52.9 Å². The van der Waals surface area contributed by atoms with Crippen LogP contribution in [0.4, 0.5) is 0 Å². The smallest absolute Gasteiger partial charge is 0.223 e. The number of methoxy groups -OCH3 is 2.